The summed E-state index contributed by atoms with van der Waals surface area (Å²) in [6.45, 7) is 2.06. The molecule has 1 aromatic carbocycles. The van der Waals surface area contributed by atoms with E-state index in [1.165, 1.54) is 4.88 Å². The van der Waals surface area contributed by atoms with Crippen molar-refractivity contribution in [3.05, 3.63) is 54.2 Å². The van der Waals surface area contributed by atoms with Gasteiger partial charge in [-0.15, -0.1) is 11.3 Å². The van der Waals surface area contributed by atoms with Crippen molar-refractivity contribution in [2.45, 2.75) is 25.4 Å². The predicted molar refractivity (Wildman–Crippen MR) is 115 cm³/mol. The van der Waals surface area contributed by atoms with Gasteiger partial charge in [0.2, 0.25) is 5.91 Å². The van der Waals surface area contributed by atoms with Crippen molar-refractivity contribution in [2.24, 2.45) is 0 Å². The number of nitrogens with one attached hydrogen (secondary N) is 2. The fraction of sp³-hybridized carbons (Fsp3) is 0.286. The highest BCUT2D eigenvalue weighted by Crippen LogP contribution is 2.27. The number of rotatable bonds is 5. The molecule has 148 valence electrons. The highest BCUT2D eigenvalue weighted by atomic mass is 32.1. The van der Waals surface area contributed by atoms with Gasteiger partial charge >= 0.3 is 0 Å². The second-order valence-corrected chi connectivity index (χ2v) is 8.25. The summed E-state index contributed by atoms with van der Waals surface area (Å²) in [6.07, 6.45) is 3.56. The Labute approximate surface area is 172 Å². The predicted octanol–water partition coefficient (Wildman–Crippen LogP) is 3.27. The number of carbonyl (C=O) groups is 1. The number of benzene rings is 1. The number of H-pyrrole nitrogens is 1. The van der Waals surface area contributed by atoms with Gasteiger partial charge in [-0.2, -0.15) is 5.10 Å². The molecule has 0 bridgehead atoms. The van der Waals surface area contributed by atoms with E-state index in [0.717, 1.165) is 48.5 Å². The Bertz CT molecular complexity index is 1110. The molecule has 0 aliphatic carbocycles. The van der Waals surface area contributed by atoms with E-state index in [9.17, 15) is 4.79 Å². The van der Waals surface area contributed by atoms with Crippen LogP contribution in [0.3, 0.4) is 0 Å². The molecule has 7 nitrogen and oxygen atoms in total. The topological polar surface area (TPSA) is 78.8 Å². The van der Waals surface area contributed by atoms with Gasteiger partial charge in [0.1, 0.15) is 6.54 Å². The number of aromatic nitrogens is 4. The quantitative estimate of drug-likeness (QED) is 0.533. The zero-order chi connectivity index (χ0) is 19.6. The van der Waals surface area contributed by atoms with Crippen LogP contribution in [0.5, 0.6) is 0 Å². The summed E-state index contributed by atoms with van der Waals surface area (Å²) in [6, 6.07) is 14.3. The summed E-state index contributed by atoms with van der Waals surface area (Å²) in [5.74, 6) is 1.01. The third-order valence-corrected chi connectivity index (χ3v) is 6.28. The van der Waals surface area contributed by atoms with Crippen LogP contribution in [0, 0.1) is 0 Å². The summed E-state index contributed by atoms with van der Waals surface area (Å²) >= 11 is 1.70. The van der Waals surface area contributed by atoms with E-state index in [0.29, 0.717) is 6.54 Å². The molecule has 1 aliphatic rings. The van der Waals surface area contributed by atoms with E-state index in [-0.39, 0.29) is 11.9 Å². The lowest BCUT2D eigenvalue weighted by atomic mass is 10.1. The van der Waals surface area contributed by atoms with Crippen molar-refractivity contribution in [1.29, 1.82) is 0 Å². The van der Waals surface area contributed by atoms with Crippen LogP contribution in [0.25, 0.3) is 21.6 Å². The Morgan fingerprint density at radius 2 is 2.07 bits per heavy atom. The molecule has 0 unspecified atom stereocenters. The van der Waals surface area contributed by atoms with Crippen molar-refractivity contribution in [1.82, 2.24) is 25.1 Å². The van der Waals surface area contributed by atoms with Crippen molar-refractivity contribution in [3.8, 4) is 10.6 Å². The summed E-state index contributed by atoms with van der Waals surface area (Å²) < 4.78 is 1.90. The smallest absolute Gasteiger partial charge is 0.240 e. The molecule has 0 atom stereocenters. The number of thiophene rings is 1. The van der Waals surface area contributed by atoms with Gasteiger partial charge in [-0.05, 0) is 36.4 Å². The number of piperidine rings is 1. The van der Waals surface area contributed by atoms with Gasteiger partial charge < -0.3 is 14.8 Å². The van der Waals surface area contributed by atoms with Crippen LogP contribution in [0.2, 0.25) is 0 Å². The van der Waals surface area contributed by atoms with E-state index in [4.69, 9.17) is 0 Å². The fourth-order valence-electron chi connectivity index (χ4n) is 3.85. The molecule has 0 spiro atoms. The first kappa shape index (κ1) is 17.9. The molecular formula is C21H22N6OS. The number of fused-ring (bicyclic) bond motifs is 1. The van der Waals surface area contributed by atoms with E-state index in [1.807, 2.05) is 34.9 Å². The summed E-state index contributed by atoms with van der Waals surface area (Å²) in [5, 5.41) is 12.8. The Hall–Kier alpha value is -3.13. The number of hydrogen-bond acceptors (Lipinski definition) is 5. The normalized spacial score (nSPS) is 15.1. The molecule has 4 heterocycles. The molecule has 2 N–H and O–H groups in total. The first-order chi connectivity index (χ1) is 14.3. The van der Waals surface area contributed by atoms with Gasteiger partial charge in [0, 0.05) is 25.2 Å². The number of nitrogens with zero attached hydrogens (tertiary/aromatic N) is 4. The Kier molecular flexibility index (Phi) is 4.77. The van der Waals surface area contributed by atoms with Crippen LogP contribution in [0.1, 0.15) is 12.8 Å². The third-order valence-electron chi connectivity index (χ3n) is 5.38. The minimum Gasteiger partial charge on any atom is -0.355 e. The van der Waals surface area contributed by atoms with Crippen molar-refractivity contribution < 1.29 is 4.79 Å². The van der Waals surface area contributed by atoms with Crippen molar-refractivity contribution in [3.63, 3.8) is 0 Å². The average Bonchev–Trinajstić information content (AvgIpc) is 3.50. The molecule has 0 saturated carbocycles. The molecule has 29 heavy (non-hydrogen) atoms. The third kappa shape index (κ3) is 3.75. The number of anilines is 1. The van der Waals surface area contributed by atoms with Crippen LogP contribution < -0.4 is 10.2 Å². The van der Waals surface area contributed by atoms with Crippen LogP contribution in [-0.4, -0.2) is 44.8 Å². The van der Waals surface area contributed by atoms with Crippen LogP contribution in [0.15, 0.2) is 54.2 Å². The standard InChI is InChI=1S/C21H22N6OS/c28-21(13-27-14-22-16-4-1-2-5-18(16)27)23-15-7-9-26(10-8-15)20-12-17(24-25-20)19-6-3-11-29-19/h1-6,11-12,14-15H,7-10,13H2,(H,23,28)(H,24,25). The first-order valence-corrected chi connectivity index (χ1v) is 10.7. The summed E-state index contributed by atoms with van der Waals surface area (Å²) in [4.78, 5) is 20.3. The summed E-state index contributed by atoms with van der Waals surface area (Å²) in [7, 11) is 0. The van der Waals surface area contributed by atoms with Gasteiger partial charge in [0.05, 0.1) is 27.9 Å². The van der Waals surface area contributed by atoms with Gasteiger partial charge in [0.25, 0.3) is 0 Å². The van der Waals surface area contributed by atoms with Gasteiger partial charge in [-0.1, -0.05) is 18.2 Å². The SMILES string of the molecule is O=C(Cn1cnc2ccccc21)NC1CCN(c2cc(-c3cccs3)[nH]n2)CC1. The molecule has 0 radical (unpaired) electrons. The minimum absolute atomic E-state index is 0.0337. The highest BCUT2D eigenvalue weighted by Gasteiger charge is 2.22. The van der Waals surface area contributed by atoms with Crippen LogP contribution in [0.4, 0.5) is 5.82 Å². The van der Waals surface area contributed by atoms with Crippen LogP contribution in [-0.2, 0) is 11.3 Å². The molecule has 1 saturated heterocycles. The number of para-hydroxylation sites is 2. The maximum Gasteiger partial charge on any atom is 0.240 e. The lowest BCUT2D eigenvalue weighted by Gasteiger charge is -2.32. The van der Waals surface area contributed by atoms with E-state index >= 15 is 0 Å². The van der Waals surface area contributed by atoms with Gasteiger partial charge in [-0.3, -0.25) is 9.89 Å². The van der Waals surface area contributed by atoms with Crippen LogP contribution >= 0.6 is 11.3 Å². The lowest BCUT2D eigenvalue weighted by Crippen LogP contribution is -2.45. The monoisotopic (exact) mass is 406 g/mol. The minimum atomic E-state index is 0.0337. The Morgan fingerprint density at radius 1 is 1.21 bits per heavy atom. The maximum absolute atomic E-state index is 12.5. The lowest BCUT2D eigenvalue weighted by molar-refractivity contribution is -0.122. The zero-order valence-corrected chi connectivity index (χ0v) is 16.7. The zero-order valence-electron chi connectivity index (χ0n) is 15.9. The second-order valence-electron chi connectivity index (χ2n) is 7.31. The maximum atomic E-state index is 12.5. The van der Waals surface area contributed by atoms with Crippen molar-refractivity contribution >= 4 is 34.1 Å². The van der Waals surface area contributed by atoms with Crippen molar-refractivity contribution in [2.75, 3.05) is 18.0 Å². The van der Waals surface area contributed by atoms with Gasteiger partial charge in [0.15, 0.2) is 5.82 Å². The second kappa shape index (κ2) is 7.71. The average molecular weight is 407 g/mol. The Morgan fingerprint density at radius 3 is 2.90 bits per heavy atom. The van der Waals surface area contributed by atoms with E-state index in [1.54, 1.807) is 17.7 Å². The van der Waals surface area contributed by atoms with E-state index < -0.39 is 0 Å². The molecule has 1 amide bonds. The molecule has 5 rings (SSSR count). The highest BCUT2D eigenvalue weighted by molar-refractivity contribution is 7.13. The Balaban J connectivity index is 1.15. The number of amides is 1. The molecule has 1 aliphatic heterocycles. The fourth-order valence-corrected chi connectivity index (χ4v) is 4.54. The number of hydrogen-bond donors (Lipinski definition) is 2. The number of aromatic amines is 1. The van der Waals surface area contributed by atoms with Gasteiger partial charge in [-0.25, -0.2) is 4.98 Å². The molecular weight excluding hydrogens is 384 g/mol. The molecule has 4 aromatic rings. The number of carbonyl (C=O) groups excluding carboxylic acids is 1. The first-order valence-electron chi connectivity index (χ1n) is 9.80. The largest absolute Gasteiger partial charge is 0.355 e. The molecule has 8 heteroatoms. The molecule has 1 fully saturated rings. The summed E-state index contributed by atoms with van der Waals surface area (Å²) in [5.41, 5.74) is 2.95. The van der Waals surface area contributed by atoms with E-state index in [2.05, 4.69) is 42.9 Å². The number of imidazole rings is 1. The molecule has 3 aromatic heterocycles.